The highest BCUT2D eigenvalue weighted by Crippen LogP contribution is 2.21. The zero-order valence-electron chi connectivity index (χ0n) is 11.2. The normalized spacial score (nSPS) is 14.5. The molecule has 1 aliphatic heterocycles. The number of anilines is 1. The number of carbonyl (C=O) groups excluding carboxylic acids is 1. The summed E-state index contributed by atoms with van der Waals surface area (Å²) < 4.78 is 31.7. The SMILES string of the molecule is CC(=O)Nc1ccc(C2CNC2)cc1.O=C(O)C(F)(F)F. The van der Waals surface area contributed by atoms with Gasteiger partial charge < -0.3 is 15.7 Å². The van der Waals surface area contributed by atoms with Gasteiger partial charge >= 0.3 is 12.1 Å². The van der Waals surface area contributed by atoms with Crippen LogP contribution in [0.4, 0.5) is 18.9 Å². The Kier molecular flexibility index (Phi) is 5.71. The van der Waals surface area contributed by atoms with Gasteiger partial charge in [-0.3, -0.25) is 4.79 Å². The van der Waals surface area contributed by atoms with E-state index in [4.69, 9.17) is 9.90 Å². The molecule has 0 radical (unpaired) electrons. The van der Waals surface area contributed by atoms with Crippen molar-refractivity contribution in [2.24, 2.45) is 0 Å². The van der Waals surface area contributed by atoms with Crippen molar-refractivity contribution in [1.82, 2.24) is 5.32 Å². The summed E-state index contributed by atoms with van der Waals surface area (Å²) in [5, 5.41) is 13.1. The van der Waals surface area contributed by atoms with E-state index in [1.807, 2.05) is 12.1 Å². The average molecular weight is 304 g/mol. The monoisotopic (exact) mass is 304 g/mol. The van der Waals surface area contributed by atoms with Crippen LogP contribution < -0.4 is 10.6 Å². The molecule has 0 saturated carbocycles. The molecule has 3 N–H and O–H groups in total. The number of carboxylic acid groups (broad SMARTS) is 1. The van der Waals surface area contributed by atoms with Crippen molar-refractivity contribution >= 4 is 17.6 Å². The van der Waals surface area contributed by atoms with Crippen molar-refractivity contribution in [1.29, 1.82) is 0 Å². The van der Waals surface area contributed by atoms with E-state index in [2.05, 4.69) is 22.8 Å². The number of carbonyl (C=O) groups is 2. The van der Waals surface area contributed by atoms with Crippen LogP contribution in [0.3, 0.4) is 0 Å². The predicted octanol–water partition coefficient (Wildman–Crippen LogP) is 1.97. The van der Waals surface area contributed by atoms with Gasteiger partial charge in [-0.15, -0.1) is 0 Å². The lowest BCUT2D eigenvalue weighted by Gasteiger charge is -2.27. The number of alkyl halides is 3. The van der Waals surface area contributed by atoms with Crippen molar-refractivity contribution < 1.29 is 27.9 Å². The third-order valence-corrected chi connectivity index (χ3v) is 2.73. The fraction of sp³-hybridized carbons (Fsp3) is 0.385. The maximum Gasteiger partial charge on any atom is 0.490 e. The molecule has 1 aliphatic rings. The smallest absolute Gasteiger partial charge is 0.475 e. The van der Waals surface area contributed by atoms with Gasteiger partial charge in [-0.1, -0.05) is 12.1 Å². The Morgan fingerprint density at radius 1 is 1.24 bits per heavy atom. The molecule has 2 rings (SSSR count). The first-order valence-electron chi connectivity index (χ1n) is 6.08. The summed E-state index contributed by atoms with van der Waals surface area (Å²) >= 11 is 0. The van der Waals surface area contributed by atoms with Crippen molar-refractivity contribution in [2.45, 2.75) is 19.0 Å². The molecule has 0 spiro atoms. The average Bonchev–Trinajstić information content (AvgIpc) is 2.28. The number of aliphatic carboxylic acids is 1. The van der Waals surface area contributed by atoms with Crippen molar-refractivity contribution in [3.63, 3.8) is 0 Å². The molecule has 0 aromatic heterocycles. The maximum absolute atomic E-state index is 10.8. The molecule has 1 saturated heterocycles. The van der Waals surface area contributed by atoms with Gasteiger partial charge in [0.1, 0.15) is 0 Å². The molecule has 1 aromatic rings. The molecule has 21 heavy (non-hydrogen) atoms. The number of halogens is 3. The van der Waals surface area contributed by atoms with Gasteiger partial charge in [0.15, 0.2) is 0 Å². The zero-order valence-corrected chi connectivity index (χ0v) is 11.2. The molecular formula is C13H15F3N2O3. The Labute approximate surface area is 119 Å². The molecule has 0 unspecified atom stereocenters. The summed E-state index contributed by atoms with van der Waals surface area (Å²) in [6.45, 7) is 3.66. The second-order valence-corrected chi connectivity index (χ2v) is 4.46. The quantitative estimate of drug-likeness (QED) is 0.780. The number of hydrogen-bond acceptors (Lipinski definition) is 3. The summed E-state index contributed by atoms with van der Waals surface area (Å²) in [6.07, 6.45) is -5.08. The topological polar surface area (TPSA) is 78.4 Å². The Morgan fingerprint density at radius 2 is 1.71 bits per heavy atom. The first kappa shape index (κ1) is 17.0. The number of hydrogen-bond donors (Lipinski definition) is 3. The van der Waals surface area contributed by atoms with Crippen molar-refractivity contribution in [3.05, 3.63) is 29.8 Å². The Morgan fingerprint density at radius 3 is 2.00 bits per heavy atom. The van der Waals surface area contributed by atoms with E-state index in [0.717, 1.165) is 18.8 Å². The minimum absolute atomic E-state index is 0.0249. The van der Waals surface area contributed by atoms with Gasteiger partial charge in [0.2, 0.25) is 5.91 Å². The summed E-state index contributed by atoms with van der Waals surface area (Å²) in [4.78, 5) is 19.7. The van der Waals surface area contributed by atoms with Gasteiger partial charge in [0, 0.05) is 31.6 Å². The molecule has 0 aliphatic carbocycles. The molecule has 116 valence electrons. The lowest BCUT2D eigenvalue weighted by Crippen LogP contribution is -2.39. The van der Waals surface area contributed by atoms with E-state index < -0.39 is 12.1 Å². The molecule has 1 aromatic carbocycles. The highest BCUT2D eigenvalue weighted by atomic mass is 19.4. The van der Waals surface area contributed by atoms with E-state index in [0.29, 0.717) is 5.92 Å². The van der Waals surface area contributed by atoms with Crippen LogP contribution in [0.15, 0.2) is 24.3 Å². The van der Waals surface area contributed by atoms with Gasteiger partial charge in [0.05, 0.1) is 0 Å². The first-order valence-corrected chi connectivity index (χ1v) is 6.08. The number of amides is 1. The van der Waals surface area contributed by atoms with Crippen LogP contribution in [0.2, 0.25) is 0 Å². The molecule has 1 heterocycles. The minimum atomic E-state index is -5.08. The van der Waals surface area contributed by atoms with Gasteiger partial charge in [-0.05, 0) is 17.7 Å². The first-order chi connectivity index (χ1) is 9.70. The fourth-order valence-electron chi connectivity index (χ4n) is 1.57. The number of benzene rings is 1. The second-order valence-electron chi connectivity index (χ2n) is 4.46. The van der Waals surface area contributed by atoms with Crippen LogP contribution in [0.5, 0.6) is 0 Å². The standard InChI is InChI=1S/C11H14N2O.C2HF3O2/c1-8(14)13-11-4-2-9(3-5-11)10-6-12-7-10;3-2(4,5)1(6)7/h2-5,10,12H,6-7H2,1H3,(H,13,14);(H,6,7). The van der Waals surface area contributed by atoms with Gasteiger partial charge in [0.25, 0.3) is 0 Å². The third-order valence-electron chi connectivity index (χ3n) is 2.73. The number of rotatable bonds is 2. The van der Waals surface area contributed by atoms with E-state index in [1.54, 1.807) is 0 Å². The Hall–Kier alpha value is -2.09. The minimum Gasteiger partial charge on any atom is -0.475 e. The van der Waals surface area contributed by atoms with Gasteiger partial charge in [-0.25, -0.2) is 4.79 Å². The third kappa shape index (κ3) is 5.82. The number of carboxylic acids is 1. The molecule has 1 fully saturated rings. The second kappa shape index (κ2) is 7.07. The molecule has 5 nitrogen and oxygen atoms in total. The van der Waals surface area contributed by atoms with Crippen LogP contribution in [-0.4, -0.2) is 36.2 Å². The molecule has 8 heteroatoms. The summed E-state index contributed by atoms with van der Waals surface area (Å²) in [7, 11) is 0. The van der Waals surface area contributed by atoms with E-state index >= 15 is 0 Å². The summed E-state index contributed by atoms with van der Waals surface area (Å²) in [6, 6.07) is 8.07. The molecule has 1 amide bonds. The van der Waals surface area contributed by atoms with Gasteiger partial charge in [-0.2, -0.15) is 13.2 Å². The zero-order chi connectivity index (χ0) is 16.0. The molecule has 0 bridgehead atoms. The van der Waals surface area contributed by atoms with Crippen molar-refractivity contribution in [2.75, 3.05) is 18.4 Å². The van der Waals surface area contributed by atoms with Crippen LogP contribution in [0.1, 0.15) is 18.4 Å². The van der Waals surface area contributed by atoms with Crippen LogP contribution in [0, 0.1) is 0 Å². The van der Waals surface area contributed by atoms with E-state index in [1.165, 1.54) is 12.5 Å². The van der Waals surface area contributed by atoms with Crippen molar-refractivity contribution in [3.8, 4) is 0 Å². The van der Waals surface area contributed by atoms with Crippen LogP contribution >= 0.6 is 0 Å². The molecular weight excluding hydrogens is 289 g/mol. The lowest BCUT2D eigenvalue weighted by atomic mass is 9.94. The highest BCUT2D eigenvalue weighted by Gasteiger charge is 2.38. The van der Waals surface area contributed by atoms with Crippen LogP contribution in [-0.2, 0) is 9.59 Å². The fourth-order valence-corrected chi connectivity index (χ4v) is 1.57. The Balaban J connectivity index is 0.000000270. The van der Waals surface area contributed by atoms with E-state index in [-0.39, 0.29) is 5.91 Å². The molecule has 0 atom stereocenters. The lowest BCUT2D eigenvalue weighted by molar-refractivity contribution is -0.192. The predicted molar refractivity (Wildman–Crippen MR) is 70.0 cm³/mol. The van der Waals surface area contributed by atoms with E-state index in [9.17, 15) is 18.0 Å². The largest absolute Gasteiger partial charge is 0.490 e. The summed E-state index contributed by atoms with van der Waals surface area (Å²) in [5.74, 6) is -2.13. The maximum atomic E-state index is 10.8. The van der Waals surface area contributed by atoms with Crippen LogP contribution in [0.25, 0.3) is 0 Å². The summed E-state index contributed by atoms with van der Waals surface area (Å²) in [5.41, 5.74) is 2.21. The highest BCUT2D eigenvalue weighted by molar-refractivity contribution is 5.88. The Bertz CT molecular complexity index is 496. The number of nitrogens with one attached hydrogen (secondary N) is 2.